The van der Waals surface area contributed by atoms with Crippen molar-refractivity contribution in [1.82, 2.24) is 5.32 Å². The smallest absolute Gasteiger partial charge is 0.165 e. The van der Waals surface area contributed by atoms with Gasteiger partial charge in [-0.1, -0.05) is 36.4 Å². The zero-order valence-electron chi connectivity index (χ0n) is 11.4. The lowest BCUT2D eigenvalue weighted by Crippen LogP contribution is -2.13. The van der Waals surface area contributed by atoms with Crippen LogP contribution in [0.5, 0.6) is 5.75 Å². The average molecular weight is 275 g/mol. The van der Waals surface area contributed by atoms with E-state index in [0.29, 0.717) is 25.3 Å². The molecule has 3 nitrogen and oxygen atoms in total. The molecule has 2 rings (SSSR count). The van der Waals surface area contributed by atoms with Gasteiger partial charge in [0.05, 0.1) is 6.61 Å². The van der Waals surface area contributed by atoms with Crippen molar-refractivity contribution in [3.63, 3.8) is 0 Å². The Labute approximate surface area is 118 Å². The molecule has 0 aliphatic carbocycles. The van der Waals surface area contributed by atoms with E-state index in [9.17, 15) is 9.50 Å². The third-order valence-corrected chi connectivity index (χ3v) is 3.02. The number of rotatable bonds is 6. The third-order valence-electron chi connectivity index (χ3n) is 3.02. The number of phenols is 1. The van der Waals surface area contributed by atoms with Crippen LogP contribution in [0.2, 0.25) is 0 Å². The summed E-state index contributed by atoms with van der Waals surface area (Å²) in [5.41, 5.74) is 2.79. The van der Waals surface area contributed by atoms with Crippen LogP contribution in [0, 0.1) is 5.82 Å². The zero-order chi connectivity index (χ0) is 14.4. The summed E-state index contributed by atoms with van der Waals surface area (Å²) in [5.74, 6) is -0.875. The van der Waals surface area contributed by atoms with Crippen molar-refractivity contribution in [2.45, 2.75) is 19.7 Å². The molecule has 106 valence electrons. The molecule has 0 aliphatic heterocycles. The van der Waals surface area contributed by atoms with E-state index in [4.69, 9.17) is 4.74 Å². The zero-order valence-corrected chi connectivity index (χ0v) is 11.4. The maximum absolute atomic E-state index is 13.2. The van der Waals surface area contributed by atoms with Crippen LogP contribution in [-0.2, 0) is 24.4 Å². The second kappa shape index (κ2) is 7.03. The molecule has 0 bridgehead atoms. The lowest BCUT2D eigenvalue weighted by atomic mass is 10.1. The molecule has 0 unspecified atom stereocenters. The summed E-state index contributed by atoms with van der Waals surface area (Å²) in [4.78, 5) is 0. The second-order valence-electron chi connectivity index (χ2n) is 4.60. The quantitative estimate of drug-likeness (QED) is 0.851. The van der Waals surface area contributed by atoms with Crippen LogP contribution >= 0.6 is 0 Å². The molecule has 0 saturated heterocycles. The van der Waals surface area contributed by atoms with Crippen LogP contribution in [0.3, 0.4) is 0 Å². The van der Waals surface area contributed by atoms with E-state index in [-0.39, 0.29) is 5.75 Å². The lowest BCUT2D eigenvalue weighted by molar-refractivity contribution is 0.185. The van der Waals surface area contributed by atoms with Gasteiger partial charge in [-0.05, 0) is 17.2 Å². The number of ether oxygens (including phenoxy) is 1. The minimum absolute atomic E-state index is 0.284. The Morgan fingerprint density at radius 2 is 1.85 bits per heavy atom. The molecule has 4 heteroatoms. The van der Waals surface area contributed by atoms with Crippen LogP contribution < -0.4 is 5.32 Å². The van der Waals surface area contributed by atoms with E-state index in [1.54, 1.807) is 19.2 Å². The fourth-order valence-electron chi connectivity index (χ4n) is 2.04. The van der Waals surface area contributed by atoms with Crippen molar-refractivity contribution >= 4 is 0 Å². The van der Waals surface area contributed by atoms with Gasteiger partial charge >= 0.3 is 0 Å². The molecule has 2 N–H and O–H groups in total. The number of aromatic hydroxyl groups is 1. The van der Waals surface area contributed by atoms with Crippen LogP contribution in [0.4, 0.5) is 4.39 Å². The fourth-order valence-corrected chi connectivity index (χ4v) is 2.04. The molecule has 0 spiro atoms. The molecule has 0 amide bonds. The van der Waals surface area contributed by atoms with E-state index in [2.05, 4.69) is 11.4 Å². The standard InChI is InChI=1S/C16H18FNO2/c1-20-11-13-5-2-4-12(8-13)9-18-10-14-6-3-7-15(17)16(14)19/h2-8,18-19H,9-11H2,1H3. The molecule has 0 heterocycles. The largest absolute Gasteiger partial charge is 0.505 e. The Morgan fingerprint density at radius 1 is 1.10 bits per heavy atom. The summed E-state index contributed by atoms with van der Waals surface area (Å²) in [6.45, 7) is 1.64. The lowest BCUT2D eigenvalue weighted by Gasteiger charge is -2.08. The van der Waals surface area contributed by atoms with Gasteiger partial charge in [-0.2, -0.15) is 0 Å². The predicted octanol–water partition coefficient (Wildman–Crippen LogP) is 2.97. The first-order valence-corrected chi connectivity index (χ1v) is 6.44. The number of para-hydroxylation sites is 1. The summed E-state index contributed by atoms with van der Waals surface area (Å²) >= 11 is 0. The Kier molecular flexibility index (Phi) is 5.09. The number of halogens is 1. The van der Waals surface area contributed by atoms with Crippen molar-refractivity contribution in [2.24, 2.45) is 0 Å². The van der Waals surface area contributed by atoms with Gasteiger partial charge in [-0.3, -0.25) is 0 Å². The van der Waals surface area contributed by atoms with E-state index in [0.717, 1.165) is 11.1 Å². The minimum Gasteiger partial charge on any atom is -0.505 e. The summed E-state index contributed by atoms with van der Waals surface area (Å²) < 4.78 is 18.3. The highest BCUT2D eigenvalue weighted by molar-refractivity contribution is 5.33. The molecule has 2 aromatic carbocycles. The number of methoxy groups -OCH3 is 1. The van der Waals surface area contributed by atoms with Crippen molar-refractivity contribution in [3.05, 3.63) is 65.0 Å². The predicted molar refractivity (Wildman–Crippen MR) is 75.8 cm³/mol. The van der Waals surface area contributed by atoms with Gasteiger partial charge in [-0.25, -0.2) is 4.39 Å². The molecule has 2 aromatic rings. The van der Waals surface area contributed by atoms with Crippen LogP contribution in [0.1, 0.15) is 16.7 Å². The number of nitrogens with one attached hydrogen (secondary N) is 1. The maximum Gasteiger partial charge on any atom is 0.165 e. The Morgan fingerprint density at radius 3 is 2.65 bits per heavy atom. The number of benzene rings is 2. The molecule has 20 heavy (non-hydrogen) atoms. The first-order chi connectivity index (χ1) is 9.70. The molecule has 0 atom stereocenters. The molecule has 0 fully saturated rings. The van der Waals surface area contributed by atoms with Gasteiger partial charge in [0.1, 0.15) is 0 Å². The molecular weight excluding hydrogens is 257 g/mol. The van der Waals surface area contributed by atoms with E-state index < -0.39 is 5.82 Å². The summed E-state index contributed by atoms with van der Waals surface area (Å²) in [6, 6.07) is 12.6. The van der Waals surface area contributed by atoms with Crippen molar-refractivity contribution in [1.29, 1.82) is 0 Å². The highest BCUT2D eigenvalue weighted by Gasteiger charge is 2.05. The van der Waals surface area contributed by atoms with Gasteiger partial charge in [0, 0.05) is 25.8 Å². The van der Waals surface area contributed by atoms with E-state index in [1.165, 1.54) is 6.07 Å². The monoisotopic (exact) mass is 275 g/mol. The van der Waals surface area contributed by atoms with Gasteiger partial charge in [0.25, 0.3) is 0 Å². The Bertz CT molecular complexity index is 572. The van der Waals surface area contributed by atoms with Crippen LogP contribution in [0.15, 0.2) is 42.5 Å². The molecule has 0 saturated carbocycles. The third kappa shape index (κ3) is 3.79. The fraction of sp³-hybridized carbons (Fsp3) is 0.250. The second-order valence-corrected chi connectivity index (χ2v) is 4.60. The van der Waals surface area contributed by atoms with E-state index >= 15 is 0 Å². The van der Waals surface area contributed by atoms with Crippen molar-refractivity contribution in [3.8, 4) is 5.75 Å². The normalized spacial score (nSPS) is 10.7. The number of phenolic OH excluding ortho intramolecular Hbond substituents is 1. The Hall–Kier alpha value is -1.91. The minimum atomic E-state index is -0.591. The van der Waals surface area contributed by atoms with E-state index in [1.807, 2.05) is 18.2 Å². The van der Waals surface area contributed by atoms with Gasteiger partial charge in [0.15, 0.2) is 11.6 Å². The maximum atomic E-state index is 13.2. The van der Waals surface area contributed by atoms with Crippen molar-refractivity contribution in [2.75, 3.05) is 7.11 Å². The molecule has 0 aromatic heterocycles. The summed E-state index contributed by atoms with van der Waals surface area (Å²) in [7, 11) is 1.66. The van der Waals surface area contributed by atoms with Gasteiger partial charge < -0.3 is 15.2 Å². The molecular formula is C16H18FNO2. The van der Waals surface area contributed by atoms with Gasteiger partial charge in [-0.15, -0.1) is 0 Å². The highest BCUT2D eigenvalue weighted by Crippen LogP contribution is 2.20. The van der Waals surface area contributed by atoms with Crippen LogP contribution in [0.25, 0.3) is 0 Å². The van der Waals surface area contributed by atoms with Crippen LogP contribution in [-0.4, -0.2) is 12.2 Å². The molecule has 0 aliphatic rings. The number of hydrogen-bond donors (Lipinski definition) is 2. The highest BCUT2D eigenvalue weighted by atomic mass is 19.1. The summed E-state index contributed by atoms with van der Waals surface area (Å²) in [5, 5.41) is 12.8. The van der Waals surface area contributed by atoms with Crippen molar-refractivity contribution < 1.29 is 14.2 Å². The topological polar surface area (TPSA) is 41.5 Å². The first kappa shape index (κ1) is 14.5. The summed E-state index contributed by atoms with van der Waals surface area (Å²) in [6.07, 6.45) is 0. The SMILES string of the molecule is COCc1cccc(CNCc2cccc(F)c2O)c1. The molecule has 0 radical (unpaired) electrons. The Balaban J connectivity index is 1.92. The first-order valence-electron chi connectivity index (χ1n) is 6.44. The average Bonchev–Trinajstić information content (AvgIpc) is 2.44. The van der Waals surface area contributed by atoms with Gasteiger partial charge in [0.2, 0.25) is 0 Å². The number of hydrogen-bond acceptors (Lipinski definition) is 3.